The van der Waals surface area contributed by atoms with Crippen molar-refractivity contribution in [2.75, 3.05) is 18.6 Å². The summed E-state index contributed by atoms with van der Waals surface area (Å²) in [7, 11) is 1.67. The van der Waals surface area contributed by atoms with Gasteiger partial charge in [0.15, 0.2) is 11.5 Å². The second-order valence-electron chi connectivity index (χ2n) is 5.49. The fraction of sp³-hybridized carbons (Fsp3) is 0.600. The van der Waals surface area contributed by atoms with Crippen molar-refractivity contribution in [1.82, 2.24) is 0 Å². The van der Waals surface area contributed by atoms with E-state index in [0.717, 1.165) is 29.9 Å². The Morgan fingerprint density at radius 1 is 1.26 bits per heavy atom. The van der Waals surface area contributed by atoms with Gasteiger partial charge in [-0.05, 0) is 44.3 Å². The fourth-order valence-corrected chi connectivity index (χ4v) is 3.36. The second kappa shape index (κ2) is 6.06. The zero-order valence-electron chi connectivity index (χ0n) is 11.9. The lowest BCUT2D eigenvalue weighted by Crippen LogP contribution is -2.29. The molecule has 1 aliphatic rings. The molecule has 0 radical (unpaired) electrons. The molecule has 1 saturated heterocycles. The number of hydrogen-bond acceptors (Lipinski definition) is 4. The summed E-state index contributed by atoms with van der Waals surface area (Å²) < 4.78 is 11.7. The SMILES string of the molecule is COc1c(OC2CCSCC2)cccc1C(C)(C)N. The Labute approximate surface area is 119 Å². The maximum Gasteiger partial charge on any atom is 0.165 e. The third-order valence-corrected chi connectivity index (χ3v) is 4.39. The fourth-order valence-electron chi connectivity index (χ4n) is 2.30. The first-order chi connectivity index (χ1) is 9.02. The Morgan fingerprint density at radius 3 is 2.53 bits per heavy atom. The maximum atomic E-state index is 6.20. The Hall–Kier alpha value is -0.870. The van der Waals surface area contributed by atoms with Crippen molar-refractivity contribution in [2.45, 2.75) is 38.3 Å². The van der Waals surface area contributed by atoms with Gasteiger partial charge in [0.25, 0.3) is 0 Å². The van der Waals surface area contributed by atoms with E-state index in [-0.39, 0.29) is 0 Å². The highest BCUT2D eigenvalue weighted by Crippen LogP contribution is 2.37. The molecule has 1 aromatic rings. The summed E-state index contributed by atoms with van der Waals surface area (Å²) in [4.78, 5) is 0. The predicted molar refractivity (Wildman–Crippen MR) is 81.2 cm³/mol. The highest BCUT2D eigenvalue weighted by Gasteiger charge is 2.24. The molecule has 2 N–H and O–H groups in total. The van der Waals surface area contributed by atoms with Crippen LogP contribution in [0, 0.1) is 0 Å². The number of rotatable bonds is 4. The molecule has 106 valence electrons. The number of hydrogen-bond donors (Lipinski definition) is 1. The average molecular weight is 281 g/mol. The van der Waals surface area contributed by atoms with Gasteiger partial charge in [-0.1, -0.05) is 12.1 Å². The first kappa shape index (κ1) is 14.5. The van der Waals surface area contributed by atoms with E-state index in [2.05, 4.69) is 0 Å². The molecule has 1 fully saturated rings. The van der Waals surface area contributed by atoms with Gasteiger partial charge in [-0.2, -0.15) is 11.8 Å². The molecule has 0 unspecified atom stereocenters. The van der Waals surface area contributed by atoms with Gasteiger partial charge in [0.2, 0.25) is 0 Å². The molecule has 1 aliphatic heterocycles. The molecule has 0 saturated carbocycles. The molecule has 0 aromatic heterocycles. The monoisotopic (exact) mass is 281 g/mol. The highest BCUT2D eigenvalue weighted by molar-refractivity contribution is 7.99. The third kappa shape index (κ3) is 3.57. The summed E-state index contributed by atoms with van der Waals surface area (Å²) in [5.74, 6) is 3.94. The van der Waals surface area contributed by atoms with Crippen molar-refractivity contribution in [3.63, 3.8) is 0 Å². The minimum atomic E-state index is -0.437. The lowest BCUT2D eigenvalue weighted by Gasteiger charge is -2.27. The van der Waals surface area contributed by atoms with Crippen molar-refractivity contribution in [3.8, 4) is 11.5 Å². The van der Waals surface area contributed by atoms with Crippen LogP contribution in [-0.2, 0) is 5.54 Å². The van der Waals surface area contributed by atoms with E-state index < -0.39 is 5.54 Å². The molecule has 0 bridgehead atoms. The van der Waals surface area contributed by atoms with Gasteiger partial charge >= 0.3 is 0 Å². The summed E-state index contributed by atoms with van der Waals surface area (Å²) in [6, 6.07) is 5.96. The summed E-state index contributed by atoms with van der Waals surface area (Å²) >= 11 is 2.00. The minimum Gasteiger partial charge on any atom is -0.493 e. The van der Waals surface area contributed by atoms with Gasteiger partial charge in [-0.15, -0.1) is 0 Å². The molecule has 0 aliphatic carbocycles. The van der Waals surface area contributed by atoms with Crippen LogP contribution in [0.4, 0.5) is 0 Å². The molecule has 0 atom stereocenters. The molecule has 0 spiro atoms. The Kier molecular flexibility index (Phi) is 4.63. The first-order valence-electron chi connectivity index (χ1n) is 6.73. The standard InChI is InChI=1S/C15H23NO2S/c1-15(2,16)12-5-4-6-13(14(12)17-3)18-11-7-9-19-10-8-11/h4-6,11H,7-10,16H2,1-3H3. The molecular weight excluding hydrogens is 258 g/mol. The van der Waals surface area contributed by atoms with Crippen LogP contribution in [0.2, 0.25) is 0 Å². The Bertz CT molecular complexity index is 423. The van der Waals surface area contributed by atoms with Crippen LogP contribution in [0.3, 0.4) is 0 Å². The highest BCUT2D eigenvalue weighted by atomic mass is 32.2. The lowest BCUT2D eigenvalue weighted by atomic mass is 9.94. The normalized spacial score (nSPS) is 17.3. The van der Waals surface area contributed by atoms with Crippen LogP contribution in [-0.4, -0.2) is 24.7 Å². The summed E-state index contributed by atoms with van der Waals surface area (Å²) in [6.45, 7) is 3.96. The van der Waals surface area contributed by atoms with E-state index in [4.69, 9.17) is 15.2 Å². The molecular formula is C15H23NO2S. The maximum absolute atomic E-state index is 6.20. The van der Waals surface area contributed by atoms with Crippen LogP contribution in [0.15, 0.2) is 18.2 Å². The van der Waals surface area contributed by atoms with Crippen molar-refractivity contribution < 1.29 is 9.47 Å². The summed E-state index contributed by atoms with van der Waals surface area (Å²) in [5, 5.41) is 0. The van der Waals surface area contributed by atoms with E-state index in [9.17, 15) is 0 Å². The number of nitrogens with two attached hydrogens (primary N) is 1. The largest absolute Gasteiger partial charge is 0.493 e. The minimum absolute atomic E-state index is 0.297. The predicted octanol–water partition coefficient (Wildman–Crippen LogP) is 3.16. The van der Waals surface area contributed by atoms with E-state index in [1.54, 1.807) is 7.11 Å². The van der Waals surface area contributed by atoms with Crippen LogP contribution >= 0.6 is 11.8 Å². The number of benzene rings is 1. The quantitative estimate of drug-likeness (QED) is 0.920. The molecule has 2 rings (SSSR count). The summed E-state index contributed by atoms with van der Waals surface area (Å²) in [6.07, 6.45) is 2.50. The Balaban J connectivity index is 2.24. The van der Waals surface area contributed by atoms with Gasteiger partial charge in [0.05, 0.1) is 7.11 Å². The molecule has 0 amide bonds. The van der Waals surface area contributed by atoms with E-state index >= 15 is 0 Å². The van der Waals surface area contributed by atoms with Gasteiger partial charge in [-0.25, -0.2) is 0 Å². The zero-order valence-corrected chi connectivity index (χ0v) is 12.8. The van der Waals surface area contributed by atoms with E-state index in [0.29, 0.717) is 6.10 Å². The van der Waals surface area contributed by atoms with Crippen molar-refractivity contribution in [3.05, 3.63) is 23.8 Å². The van der Waals surface area contributed by atoms with Crippen LogP contribution < -0.4 is 15.2 Å². The topological polar surface area (TPSA) is 44.5 Å². The van der Waals surface area contributed by atoms with E-state index in [1.165, 1.54) is 11.5 Å². The van der Waals surface area contributed by atoms with Crippen LogP contribution in [0.5, 0.6) is 11.5 Å². The second-order valence-corrected chi connectivity index (χ2v) is 6.71. The number of ether oxygens (including phenoxy) is 2. The molecule has 4 heteroatoms. The van der Waals surface area contributed by atoms with Crippen LogP contribution in [0.1, 0.15) is 32.3 Å². The van der Waals surface area contributed by atoms with E-state index in [1.807, 2.05) is 43.8 Å². The number of para-hydroxylation sites is 1. The zero-order chi connectivity index (χ0) is 13.9. The number of thioether (sulfide) groups is 1. The number of methoxy groups -OCH3 is 1. The van der Waals surface area contributed by atoms with Crippen LogP contribution in [0.25, 0.3) is 0 Å². The first-order valence-corrected chi connectivity index (χ1v) is 7.88. The third-order valence-electron chi connectivity index (χ3n) is 3.34. The van der Waals surface area contributed by atoms with Crippen molar-refractivity contribution in [1.29, 1.82) is 0 Å². The van der Waals surface area contributed by atoms with Crippen molar-refractivity contribution >= 4 is 11.8 Å². The van der Waals surface area contributed by atoms with Gasteiger partial charge in [0, 0.05) is 11.1 Å². The summed E-state index contributed by atoms with van der Waals surface area (Å²) in [5.41, 5.74) is 6.74. The van der Waals surface area contributed by atoms with Gasteiger partial charge in [0.1, 0.15) is 6.10 Å². The molecule has 3 nitrogen and oxygen atoms in total. The average Bonchev–Trinajstić information content (AvgIpc) is 2.38. The van der Waals surface area contributed by atoms with Gasteiger partial charge < -0.3 is 15.2 Å². The van der Waals surface area contributed by atoms with Crippen molar-refractivity contribution in [2.24, 2.45) is 5.73 Å². The smallest absolute Gasteiger partial charge is 0.165 e. The van der Waals surface area contributed by atoms with Gasteiger partial charge in [-0.3, -0.25) is 0 Å². The molecule has 19 heavy (non-hydrogen) atoms. The molecule has 1 heterocycles. The lowest BCUT2D eigenvalue weighted by molar-refractivity contribution is 0.183. The Morgan fingerprint density at radius 2 is 1.95 bits per heavy atom. The molecule has 1 aromatic carbocycles.